The smallest absolute Gasteiger partial charge is 0.266 e. The summed E-state index contributed by atoms with van der Waals surface area (Å²) in [6.07, 6.45) is 3.97. The fraction of sp³-hybridized carbons (Fsp3) is 0.174. The lowest BCUT2D eigenvalue weighted by atomic mass is 10.1. The Kier molecular flexibility index (Phi) is 6.39. The maximum absolute atomic E-state index is 12.8. The van der Waals surface area contributed by atoms with Crippen LogP contribution in [0.15, 0.2) is 65.1 Å². The molecule has 4 rings (SSSR count). The third kappa shape index (κ3) is 5.15. The van der Waals surface area contributed by atoms with Crippen LogP contribution in [0.25, 0.3) is 6.08 Å². The minimum atomic E-state index is -0.211. The summed E-state index contributed by atoms with van der Waals surface area (Å²) < 4.78 is 11.0. The monoisotopic (exact) mass is 452 g/mol. The van der Waals surface area contributed by atoms with Crippen LogP contribution in [-0.2, 0) is 9.59 Å². The molecule has 0 saturated carbocycles. The minimum absolute atomic E-state index is 0.132. The second-order valence-electron chi connectivity index (χ2n) is 7.00. The zero-order chi connectivity index (χ0) is 21.8. The SMILES string of the molecule is CC(=C\c1ccccc1)/C=C1/SC(=S)N(CCC(=O)Nc2ccc3c(c2)OCO3)C1=O. The van der Waals surface area contributed by atoms with Crippen LogP contribution in [0.1, 0.15) is 18.9 Å². The highest BCUT2D eigenvalue weighted by molar-refractivity contribution is 8.26. The predicted molar refractivity (Wildman–Crippen MR) is 126 cm³/mol. The van der Waals surface area contributed by atoms with E-state index in [0.29, 0.717) is 26.4 Å². The van der Waals surface area contributed by atoms with E-state index in [9.17, 15) is 9.59 Å². The number of thioether (sulfide) groups is 1. The molecule has 0 aromatic heterocycles. The highest BCUT2D eigenvalue weighted by atomic mass is 32.2. The molecule has 0 unspecified atom stereocenters. The number of thiocarbonyl (C=S) groups is 1. The fourth-order valence-electron chi connectivity index (χ4n) is 3.16. The molecule has 31 heavy (non-hydrogen) atoms. The zero-order valence-corrected chi connectivity index (χ0v) is 18.4. The minimum Gasteiger partial charge on any atom is -0.454 e. The van der Waals surface area contributed by atoms with Crippen LogP contribution in [0.4, 0.5) is 5.69 Å². The molecule has 2 amide bonds. The topological polar surface area (TPSA) is 67.9 Å². The summed E-state index contributed by atoms with van der Waals surface area (Å²) >= 11 is 6.61. The number of nitrogens with zero attached hydrogens (tertiary/aromatic N) is 1. The molecule has 1 saturated heterocycles. The first-order valence-corrected chi connectivity index (χ1v) is 10.9. The average Bonchev–Trinajstić information content (AvgIpc) is 3.31. The Hall–Kier alpha value is -3.10. The Balaban J connectivity index is 1.34. The van der Waals surface area contributed by atoms with Gasteiger partial charge in [0.05, 0.1) is 4.91 Å². The quantitative estimate of drug-likeness (QED) is 0.511. The number of nitrogens with one attached hydrogen (secondary N) is 1. The van der Waals surface area contributed by atoms with Gasteiger partial charge in [0, 0.05) is 24.7 Å². The first-order valence-electron chi connectivity index (χ1n) is 9.68. The standard InChI is InChI=1S/C23H20N2O4S2/c1-15(11-16-5-3-2-4-6-16)12-20-22(27)25(23(30)31-20)10-9-21(26)24-17-7-8-18-19(13-17)29-14-28-18/h2-8,11-13H,9-10,14H2,1H3,(H,24,26)/b15-11+,20-12+. The Morgan fingerprint density at radius 3 is 2.77 bits per heavy atom. The lowest BCUT2D eigenvalue weighted by Crippen LogP contribution is -2.31. The van der Waals surface area contributed by atoms with Crippen molar-refractivity contribution in [1.82, 2.24) is 4.90 Å². The van der Waals surface area contributed by atoms with Gasteiger partial charge in [0.15, 0.2) is 11.5 Å². The van der Waals surface area contributed by atoms with Gasteiger partial charge in [-0.3, -0.25) is 14.5 Å². The summed E-state index contributed by atoms with van der Waals surface area (Å²) in [4.78, 5) is 27.1. The zero-order valence-electron chi connectivity index (χ0n) is 16.8. The maximum Gasteiger partial charge on any atom is 0.266 e. The van der Waals surface area contributed by atoms with Crippen molar-refractivity contribution in [3.63, 3.8) is 0 Å². The number of benzene rings is 2. The Labute approximate surface area is 189 Å². The number of amides is 2. The highest BCUT2D eigenvalue weighted by Gasteiger charge is 2.32. The van der Waals surface area contributed by atoms with Crippen molar-refractivity contribution in [3.05, 3.63) is 70.6 Å². The van der Waals surface area contributed by atoms with Gasteiger partial charge in [0.2, 0.25) is 12.7 Å². The van der Waals surface area contributed by atoms with Crippen molar-refractivity contribution in [2.75, 3.05) is 18.7 Å². The number of hydrogen-bond acceptors (Lipinski definition) is 6. The molecular weight excluding hydrogens is 432 g/mol. The molecule has 2 aliphatic rings. The number of carbonyl (C=O) groups is 2. The van der Waals surface area contributed by atoms with E-state index in [2.05, 4.69) is 5.32 Å². The Bertz CT molecular complexity index is 1100. The summed E-state index contributed by atoms with van der Waals surface area (Å²) in [5, 5.41) is 2.81. The number of hydrogen-bond donors (Lipinski definition) is 1. The van der Waals surface area contributed by atoms with Gasteiger partial charge in [-0.1, -0.05) is 60.4 Å². The van der Waals surface area contributed by atoms with Crippen LogP contribution in [-0.4, -0.2) is 34.4 Å². The molecule has 2 aromatic carbocycles. The molecular formula is C23H20N2O4S2. The van der Waals surface area contributed by atoms with E-state index >= 15 is 0 Å². The summed E-state index contributed by atoms with van der Waals surface area (Å²) in [5.74, 6) is 0.863. The van der Waals surface area contributed by atoms with Crippen LogP contribution in [0.2, 0.25) is 0 Å². The van der Waals surface area contributed by atoms with E-state index in [4.69, 9.17) is 21.7 Å². The van der Waals surface area contributed by atoms with Crippen molar-refractivity contribution in [2.45, 2.75) is 13.3 Å². The summed E-state index contributed by atoms with van der Waals surface area (Å²) in [7, 11) is 0. The van der Waals surface area contributed by atoms with Crippen molar-refractivity contribution in [2.24, 2.45) is 0 Å². The normalized spacial score (nSPS) is 16.9. The van der Waals surface area contributed by atoms with Gasteiger partial charge in [-0.15, -0.1) is 0 Å². The summed E-state index contributed by atoms with van der Waals surface area (Å²) in [6.45, 7) is 2.34. The summed E-state index contributed by atoms with van der Waals surface area (Å²) in [6, 6.07) is 15.1. The van der Waals surface area contributed by atoms with Crippen molar-refractivity contribution < 1.29 is 19.1 Å². The number of allylic oxidation sites excluding steroid dienone is 2. The second kappa shape index (κ2) is 9.36. The molecule has 0 spiro atoms. The molecule has 158 valence electrons. The lowest BCUT2D eigenvalue weighted by molar-refractivity contribution is -0.122. The average molecular weight is 453 g/mol. The van der Waals surface area contributed by atoms with Gasteiger partial charge < -0.3 is 14.8 Å². The number of anilines is 1. The van der Waals surface area contributed by atoms with Gasteiger partial charge >= 0.3 is 0 Å². The number of carbonyl (C=O) groups excluding carboxylic acids is 2. The van der Waals surface area contributed by atoms with Crippen LogP contribution in [0.3, 0.4) is 0 Å². The molecule has 6 nitrogen and oxygen atoms in total. The third-order valence-corrected chi connectivity index (χ3v) is 6.02. The molecule has 1 N–H and O–H groups in total. The molecule has 2 aromatic rings. The van der Waals surface area contributed by atoms with E-state index in [1.807, 2.05) is 49.4 Å². The highest BCUT2D eigenvalue weighted by Crippen LogP contribution is 2.34. The fourth-order valence-corrected chi connectivity index (χ4v) is 4.52. The third-order valence-electron chi connectivity index (χ3n) is 4.65. The van der Waals surface area contributed by atoms with Gasteiger partial charge in [-0.25, -0.2) is 0 Å². The van der Waals surface area contributed by atoms with E-state index in [-0.39, 0.29) is 31.6 Å². The molecule has 1 fully saturated rings. The molecule has 2 aliphatic heterocycles. The van der Waals surface area contributed by atoms with Gasteiger partial charge in [0.25, 0.3) is 5.91 Å². The van der Waals surface area contributed by atoms with Gasteiger partial charge in [-0.2, -0.15) is 0 Å². The number of fused-ring (bicyclic) bond motifs is 1. The van der Waals surface area contributed by atoms with Crippen molar-refractivity contribution in [1.29, 1.82) is 0 Å². The number of ether oxygens (including phenoxy) is 2. The van der Waals surface area contributed by atoms with E-state index in [1.165, 1.54) is 16.7 Å². The predicted octanol–water partition coefficient (Wildman–Crippen LogP) is 4.59. The lowest BCUT2D eigenvalue weighted by Gasteiger charge is -2.14. The summed E-state index contributed by atoms with van der Waals surface area (Å²) in [5.41, 5.74) is 2.63. The van der Waals surface area contributed by atoms with Gasteiger partial charge in [0.1, 0.15) is 4.32 Å². The van der Waals surface area contributed by atoms with Crippen LogP contribution in [0, 0.1) is 0 Å². The van der Waals surface area contributed by atoms with E-state index in [0.717, 1.165) is 11.1 Å². The molecule has 0 aliphatic carbocycles. The van der Waals surface area contributed by atoms with E-state index in [1.54, 1.807) is 18.2 Å². The van der Waals surface area contributed by atoms with Crippen molar-refractivity contribution in [3.8, 4) is 11.5 Å². The Morgan fingerprint density at radius 1 is 1.19 bits per heavy atom. The van der Waals surface area contributed by atoms with E-state index < -0.39 is 0 Å². The van der Waals surface area contributed by atoms with Crippen LogP contribution in [0.5, 0.6) is 11.5 Å². The molecule has 0 atom stereocenters. The van der Waals surface area contributed by atoms with Gasteiger partial charge in [-0.05, 0) is 36.3 Å². The Morgan fingerprint density at radius 2 is 1.97 bits per heavy atom. The molecule has 2 heterocycles. The first-order chi connectivity index (χ1) is 15.0. The largest absolute Gasteiger partial charge is 0.454 e. The maximum atomic E-state index is 12.8. The second-order valence-corrected chi connectivity index (χ2v) is 8.67. The molecule has 8 heteroatoms. The first kappa shape index (κ1) is 21.1. The van der Waals surface area contributed by atoms with Crippen LogP contribution >= 0.6 is 24.0 Å². The molecule has 0 bridgehead atoms. The van der Waals surface area contributed by atoms with Crippen molar-refractivity contribution >= 4 is 51.9 Å². The molecule has 0 radical (unpaired) electrons. The number of rotatable bonds is 6. The van der Waals surface area contributed by atoms with Crippen LogP contribution < -0.4 is 14.8 Å².